The Hall–Kier alpha value is -2.82. The average molecular weight is 395 g/mol. The Morgan fingerprint density at radius 2 is 1.86 bits per heavy atom. The van der Waals surface area contributed by atoms with Gasteiger partial charge >= 0.3 is 0 Å². The highest BCUT2D eigenvalue weighted by molar-refractivity contribution is 5.96. The lowest BCUT2D eigenvalue weighted by Gasteiger charge is -2.25. The van der Waals surface area contributed by atoms with Crippen molar-refractivity contribution < 1.29 is 14.3 Å². The fourth-order valence-corrected chi connectivity index (χ4v) is 3.73. The Morgan fingerprint density at radius 1 is 1.14 bits per heavy atom. The fourth-order valence-electron chi connectivity index (χ4n) is 3.73. The monoisotopic (exact) mass is 394 g/mol. The number of ether oxygens (including phenoxy) is 1. The number of carbonyl (C=O) groups is 2. The number of amides is 2. The number of carbonyl (C=O) groups excluding carboxylic acids is 2. The summed E-state index contributed by atoms with van der Waals surface area (Å²) >= 11 is 0. The Morgan fingerprint density at radius 3 is 2.52 bits per heavy atom. The summed E-state index contributed by atoms with van der Waals surface area (Å²) in [7, 11) is 0. The predicted octanol–water partition coefficient (Wildman–Crippen LogP) is 4.13. The molecule has 5 heteroatoms. The van der Waals surface area contributed by atoms with Crippen LogP contribution >= 0.6 is 0 Å². The van der Waals surface area contributed by atoms with Gasteiger partial charge in [0, 0.05) is 23.7 Å². The van der Waals surface area contributed by atoms with E-state index in [0.717, 1.165) is 36.1 Å². The van der Waals surface area contributed by atoms with Gasteiger partial charge in [-0.05, 0) is 76.4 Å². The number of likely N-dealkylation sites (tertiary alicyclic amines) is 1. The molecule has 0 unspecified atom stereocenters. The van der Waals surface area contributed by atoms with E-state index in [1.807, 2.05) is 50.8 Å². The molecule has 0 spiro atoms. The second-order valence-electron chi connectivity index (χ2n) is 8.08. The minimum absolute atomic E-state index is 0.0621. The maximum Gasteiger partial charge on any atom is 0.254 e. The molecule has 1 N–H and O–H groups in total. The maximum absolute atomic E-state index is 13.0. The summed E-state index contributed by atoms with van der Waals surface area (Å²) in [5.74, 6) is 0.693. The minimum Gasteiger partial charge on any atom is -0.491 e. The van der Waals surface area contributed by atoms with Crippen LogP contribution < -0.4 is 10.1 Å². The SMILES string of the molecule is Cc1ccc(C(=O)N2CCC[C@H]2COc2ccc(C(=O)NC(C)C)cc2)c(C)c1. The van der Waals surface area contributed by atoms with E-state index in [1.165, 1.54) is 0 Å². The molecule has 0 saturated carbocycles. The quantitative estimate of drug-likeness (QED) is 0.802. The zero-order valence-corrected chi connectivity index (χ0v) is 17.7. The van der Waals surface area contributed by atoms with Crippen molar-refractivity contribution in [3.63, 3.8) is 0 Å². The lowest BCUT2D eigenvalue weighted by atomic mass is 10.0. The van der Waals surface area contributed by atoms with Crippen molar-refractivity contribution in [3.8, 4) is 5.75 Å². The van der Waals surface area contributed by atoms with Crippen molar-refractivity contribution in [1.82, 2.24) is 10.2 Å². The van der Waals surface area contributed by atoms with E-state index < -0.39 is 0 Å². The zero-order chi connectivity index (χ0) is 21.0. The average Bonchev–Trinajstić information content (AvgIpc) is 3.14. The molecule has 0 aromatic heterocycles. The van der Waals surface area contributed by atoms with Crippen LogP contribution in [0.3, 0.4) is 0 Å². The molecule has 1 fully saturated rings. The summed E-state index contributed by atoms with van der Waals surface area (Å²) in [6.45, 7) is 9.09. The molecule has 1 aliphatic heterocycles. The van der Waals surface area contributed by atoms with Crippen molar-refractivity contribution in [2.75, 3.05) is 13.2 Å². The van der Waals surface area contributed by atoms with Gasteiger partial charge in [-0.2, -0.15) is 0 Å². The summed E-state index contributed by atoms with van der Waals surface area (Å²) in [6, 6.07) is 13.3. The van der Waals surface area contributed by atoms with E-state index in [0.29, 0.717) is 17.9 Å². The van der Waals surface area contributed by atoms with Crippen molar-refractivity contribution in [3.05, 3.63) is 64.7 Å². The van der Waals surface area contributed by atoms with Gasteiger partial charge in [-0.15, -0.1) is 0 Å². The Balaban J connectivity index is 1.61. The summed E-state index contributed by atoms with van der Waals surface area (Å²) < 4.78 is 5.95. The first-order valence-electron chi connectivity index (χ1n) is 10.3. The highest BCUT2D eigenvalue weighted by atomic mass is 16.5. The third kappa shape index (κ3) is 5.17. The summed E-state index contributed by atoms with van der Waals surface area (Å²) in [4.78, 5) is 27.0. The van der Waals surface area contributed by atoms with Crippen LogP contribution in [0.1, 0.15) is 58.5 Å². The first kappa shape index (κ1) is 20.9. The lowest BCUT2D eigenvalue weighted by Crippen LogP contribution is -2.39. The smallest absolute Gasteiger partial charge is 0.254 e. The second-order valence-corrected chi connectivity index (χ2v) is 8.08. The molecule has 2 amide bonds. The van der Waals surface area contributed by atoms with Gasteiger partial charge < -0.3 is 15.0 Å². The molecule has 29 heavy (non-hydrogen) atoms. The lowest BCUT2D eigenvalue weighted by molar-refractivity contribution is 0.0690. The molecule has 1 aliphatic rings. The van der Waals surface area contributed by atoms with Gasteiger partial charge in [0.2, 0.25) is 0 Å². The molecule has 2 aromatic carbocycles. The molecule has 1 atom stereocenters. The fraction of sp³-hybridized carbons (Fsp3) is 0.417. The van der Waals surface area contributed by atoms with Gasteiger partial charge in [0.25, 0.3) is 11.8 Å². The number of nitrogens with one attached hydrogen (secondary N) is 1. The number of benzene rings is 2. The molecular weight excluding hydrogens is 364 g/mol. The number of hydrogen-bond donors (Lipinski definition) is 1. The van der Waals surface area contributed by atoms with Crippen molar-refractivity contribution in [2.24, 2.45) is 0 Å². The zero-order valence-electron chi connectivity index (χ0n) is 17.7. The van der Waals surface area contributed by atoms with Crippen LogP contribution in [0.15, 0.2) is 42.5 Å². The van der Waals surface area contributed by atoms with Gasteiger partial charge in [0.1, 0.15) is 12.4 Å². The van der Waals surface area contributed by atoms with Gasteiger partial charge in [-0.1, -0.05) is 17.7 Å². The third-order valence-corrected chi connectivity index (χ3v) is 5.23. The maximum atomic E-state index is 13.0. The highest BCUT2D eigenvalue weighted by Gasteiger charge is 2.30. The molecule has 1 saturated heterocycles. The topological polar surface area (TPSA) is 58.6 Å². The molecule has 3 rings (SSSR count). The minimum atomic E-state index is -0.0902. The summed E-state index contributed by atoms with van der Waals surface area (Å²) in [6.07, 6.45) is 1.92. The van der Waals surface area contributed by atoms with E-state index >= 15 is 0 Å². The van der Waals surface area contributed by atoms with Crippen LogP contribution in [0.25, 0.3) is 0 Å². The van der Waals surface area contributed by atoms with E-state index in [4.69, 9.17) is 4.74 Å². The number of aryl methyl sites for hydroxylation is 2. The predicted molar refractivity (Wildman–Crippen MR) is 115 cm³/mol. The van der Waals surface area contributed by atoms with Gasteiger partial charge in [-0.25, -0.2) is 0 Å². The number of rotatable bonds is 6. The normalized spacial score (nSPS) is 16.2. The Bertz CT molecular complexity index is 874. The molecule has 0 aliphatic carbocycles. The van der Waals surface area contributed by atoms with Gasteiger partial charge in [-0.3, -0.25) is 9.59 Å². The van der Waals surface area contributed by atoms with E-state index in [9.17, 15) is 9.59 Å². The molecule has 5 nitrogen and oxygen atoms in total. The van der Waals surface area contributed by atoms with Crippen LogP contribution in [0.4, 0.5) is 0 Å². The molecule has 1 heterocycles. The molecule has 0 bridgehead atoms. The van der Waals surface area contributed by atoms with Crippen molar-refractivity contribution in [2.45, 2.75) is 52.6 Å². The molecule has 0 radical (unpaired) electrons. The largest absolute Gasteiger partial charge is 0.491 e. The molecule has 2 aromatic rings. The summed E-state index contributed by atoms with van der Waals surface area (Å²) in [5.41, 5.74) is 3.55. The molecular formula is C24H30N2O3. The Labute approximate surface area is 173 Å². The van der Waals surface area contributed by atoms with Crippen molar-refractivity contribution in [1.29, 1.82) is 0 Å². The van der Waals surface area contributed by atoms with Crippen LogP contribution in [0.2, 0.25) is 0 Å². The van der Waals surface area contributed by atoms with Crippen LogP contribution in [-0.4, -0.2) is 41.9 Å². The van der Waals surface area contributed by atoms with Crippen LogP contribution in [0, 0.1) is 13.8 Å². The van der Waals surface area contributed by atoms with Crippen molar-refractivity contribution >= 4 is 11.8 Å². The number of hydrogen-bond acceptors (Lipinski definition) is 3. The summed E-state index contributed by atoms with van der Waals surface area (Å²) in [5, 5.41) is 2.87. The molecule has 154 valence electrons. The highest BCUT2D eigenvalue weighted by Crippen LogP contribution is 2.23. The second kappa shape index (κ2) is 9.12. The van der Waals surface area contributed by atoms with E-state index in [1.54, 1.807) is 24.3 Å². The standard InChI is InChI=1S/C24H30N2O3/c1-16(2)25-23(27)19-8-10-21(11-9-19)29-15-20-6-5-13-26(20)24(28)22-12-7-17(3)14-18(22)4/h7-12,14,16,20H,5-6,13,15H2,1-4H3,(H,25,27)/t20-/m0/s1. The van der Waals surface area contributed by atoms with Crippen LogP contribution in [0.5, 0.6) is 5.75 Å². The number of nitrogens with zero attached hydrogens (tertiary/aromatic N) is 1. The van der Waals surface area contributed by atoms with Crippen LogP contribution in [-0.2, 0) is 0 Å². The van der Waals surface area contributed by atoms with Gasteiger partial charge in [0.15, 0.2) is 0 Å². The third-order valence-electron chi connectivity index (χ3n) is 5.23. The first-order chi connectivity index (χ1) is 13.8. The van der Waals surface area contributed by atoms with Gasteiger partial charge in [0.05, 0.1) is 6.04 Å². The first-order valence-corrected chi connectivity index (χ1v) is 10.3. The van der Waals surface area contributed by atoms with E-state index in [-0.39, 0.29) is 23.9 Å². The Kier molecular flexibility index (Phi) is 6.57. The van der Waals surface area contributed by atoms with E-state index in [2.05, 4.69) is 5.32 Å².